The van der Waals surface area contributed by atoms with Gasteiger partial charge in [-0.1, -0.05) is 0 Å². The molecule has 1 aliphatic heterocycles. The molecule has 2 N–H and O–H groups in total. The van der Waals surface area contributed by atoms with Crippen molar-refractivity contribution in [3.05, 3.63) is 16.1 Å². The van der Waals surface area contributed by atoms with Gasteiger partial charge in [0.25, 0.3) is 0 Å². The van der Waals surface area contributed by atoms with Gasteiger partial charge in [-0.25, -0.2) is 4.98 Å². The van der Waals surface area contributed by atoms with Crippen molar-refractivity contribution >= 4 is 17.3 Å². The van der Waals surface area contributed by atoms with Crippen molar-refractivity contribution in [2.45, 2.75) is 63.8 Å². The Kier molecular flexibility index (Phi) is 6.06. The number of likely N-dealkylation sites (tertiary alicyclic amines) is 1. The van der Waals surface area contributed by atoms with E-state index in [-0.39, 0.29) is 0 Å². The van der Waals surface area contributed by atoms with E-state index in [0.717, 1.165) is 48.2 Å². The first-order chi connectivity index (χ1) is 12.4. The van der Waals surface area contributed by atoms with Crippen molar-refractivity contribution in [3.63, 3.8) is 0 Å². The Morgan fingerprint density at radius 2 is 2.19 bits per heavy atom. The van der Waals surface area contributed by atoms with Gasteiger partial charge in [-0.3, -0.25) is 9.89 Å². The lowest BCUT2D eigenvalue weighted by Gasteiger charge is -2.20. The fraction of sp³-hybridized carbons (Fsp3) is 0.765. The molecule has 0 spiro atoms. The summed E-state index contributed by atoms with van der Waals surface area (Å²) in [5.74, 6) is 0.731. The molecule has 5 nitrogen and oxygen atoms in total. The van der Waals surface area contributed by atoms with Gasteiger partial charge in [0.15, 0.2) is 11.7 Å². The molecule has 1 aromatic heterocycles. The molecular weight excluding hydrogens is 363 g/mol. The van der Waals surface area contributed by atoms with E-state index >= 15 is 0 Å². The van der Waals surface area contributed by atoms with E-state index in [0.29, 0.717) is 30.1 Å². The highest BCUT2D eigenvalue weighted by Gasteiger charge is 2.39. The number of nitrogens with zero attached hydrogens (tertiary/aromatic N) is 3. The summed E-state index contributed by atoms with van der Waals surface area (Å²) in [5, 5.41) is 8.23. The fourth-order valence-electron chi connectivity index (χ4n) is 3.41. The average molecular weight is 389 g/mol. The van der Waals surface area contributed by atoms with Crippen molar-refractivity contribution in [2.24, 2.45) is 4.99 Å². The minimum absolute atomic E-state index is 0.361. The van der Waals surface area contributed by atoms with Gasteiger partial charge in [0.05, 0.1) is 5.01 Å². The normalized spacial score (nSPS) is 24.9. The summed E-state index contributed by atoms with van der Waals surface area (Å²) >= 11 is 1.04. The maximum Gasteiger partial charge on any atom is 0.434 e. The summed E-state index contributed by atoms with van der Waals surface area (Å²) in [6.45, 7) is 6.45. The third-order valence-electron chi connectivity index (χ3n) is 4.76. The number of guanidine groups is 1. The number of alkyl halides is 3. The monoisotopic (exact) mass is 389 g/mol. The molecular formula is C17H26F3N5S. The Balaban J connectivity index is 1.51. The zero-order chi connectivity index (χ0) is 18.7. The zero-order valence-corrected chi connectivity index (χ0v) is 16.0. The summed E-state index contributed by atoms with van der Waals surface area (Å²) in [6.07, 6.45) is -0.270. The molecule has 146 valence electrons. The fourth-order valence-corrected chi connectivity index (χ4v) is 4.20. The predicted octanol–water partition coefficient (Wildman–Crippen LogP) is 2.88. The van der Waals surface area contributed by atoms with E-state index in [1.165, 1.54) is 12.8 Å². The second kappa shape index (κ2) is 8.12. The SMILES string of the molecule is CCNC(=NCCc1nc(C(F)(F)F)cs1)NC1CC(C)N(C2CC2)C1. The Labute approximate surface area is 156 Å². The van der Waals surface area contributed by atoms with Crippen LogP contribution in [-0.4, -0.2) is 53.6 Å². The van der Waals surface area contributed by atoms with E-state index < -0.39 is 11.9 Å². The molecule has 2 unspecified atom stereocenters. The topological polar surface area (TPSA) is 52.6 Å². The van der Waals surface area contributed by atoms with E-state index in [4.69, 9.17) is 0 Å². The maximum atomic E-state index is 12.6. The Hall–Kier alpha value is -1.35. The number of thiazole rings is 1. The van der Waals surface area contributed by atoms with Gasteiger partial charge >= 0.3 is 6.18 Å². The summed E-state index contributed by atoms with van der Waals surface area (Å²) in [5.41, 5.74) is -0.813. The van der Waals surface area contributed by atoms with Crippen LogP contribution in [0.3, 0.4) is 0 Å². The highest BCUT2D eigenvalue weighted by molar-refractivity contribution is 7.09. The van der Waals surface area contributed by atoms with Crippen LogP contribution in [0.25, 0.3) is 0 Å². The van der Waals surface area contributed by atoms with Crippen molar-refractivity contribution in [3.8, 4) is 0 Å². The minimum atomic E-state index is -4.37. The molecule has 1 saturated heterocycles. The number of rotatable bonds is 6. The third-order valence-corrected chi connectivity index (χ3v) is 5.67. The van der Waals surface area contributed by atoms with Crippen LogP contribution in [-0.2, 0) is 12.6 Å². The molecule has 9 heteroatoms. The van der Waals surface area contributed by atoms with Crippen molar-refractivity contribution in [1.82, 2.24) is 20.5 Å². The van der Waals surface area contributed by atoms with Crippen LogP contribution >= 0.6 is 11.3 Å². The van der Waals surface area contributed by atoms with Crippen LogP contribution in [0.5, 0.6) is 0 Å². The van der Waals surface area contributed by atoms with Gasteiger partial charge in [0.2, 0.25) is 0 Å². The van der Waals surface area contributed by atoms with E-state index in [1.54, 1.807) is 0 Å². The third kappa shape index (κ3) is 5.09. The van der Waals surface area contributed by atoms with Crippen LogP contribution in [0, 0.1) is 0 Å². The second-order valence-corrected chi connectivity index (χ2v) is 7.93. The van der Waals surface area contributed by atoms with Gasteiger partial charge in [-0.2, -0.15) is 13.2 Å². The molecule has 0 bridgehead atoms. The average Bonchev–Trinajstić information content (AvgIpc) is 3.16. The molecule has 1 aliphatic carbocycles. The smallest absolute Gasteiger partial charge is 0.357 e. The molecule has 26 heavy (non-hydrogen) atoms. The quantitative estimate of drug-likeness (QED) is 0.580. The van der Waals surface area contributed by atoms with Gasteiger partial charge in [0.1, 0.15) is 0 Å². The van der Waals surface area contributed by atoms with Crippen LogP contribution in [0.2, 0.25) is 0 Å². The van der Waals surface area contributed by atoms with Crippen LogP contribution in [0.15, 0.2) is 10.4 Å². The molecule has 0 aromatic carbocycles. The second-order valence-electron chi connectivity index (χ2n) is 6.99. The molecule has 0 radical (unpaired) electrons. The molecule has 3 rings (SSSR count). The predicted molar refractivity (Wildman–Crippen MR) is 97.5 cm³/mol. The van der Waals surface area contributed by atoms with Gasteiger partial charge in [-0.05, 0) is 33.1 Å². The van der Waals surface area contributed by atoms with Crippen molar-refractivity contribution < 1.29 is 13.2 Å². The summed E-state index contributed by atoms with van der Waals surface area (Å²) < 4.78 is 37.8. The molecule has 2 aliphatic rings. The van der Waals surface area contributed by atoms with Crippen molar-refractivity contribution in [2.75, 3.05) is 19.6 Å². The highest BCUT2D eigenvalue weighted by atomic mass is 32.1. The first-order valence-corrected chi connectivity index (χ1v) is 10.1. The molecule has 1 saturated carbocycles. The standard InChI is InChI=1S/C17H26F3N5S/c1-3-21-16(23-12-8-11(2)25(9-12)13-4-5-13)22-7-6-15-24-14(10-26-15)17(18,19)20/h10-13H,3-9H2,1-2H3,(H2,21,22,23). The first kappa shape index (κ1) is 19.4. The Bertz CT molecular complexity index is 626. The lowest BCUT2D eigenvalue weighted by atomic mass is 10.2. The molecule has 2 atom stereocenters. The minimum Gasteiger partial charge on any atom is -0.357 e. The van der Waals surface area contributed by atoms with E-state index in [9.17, 15) is 13.2 Å². The Morgan fingerprint density at radius 3 is 2.81 bits per heavy atom. The molecule has 2 fully saturated rings. The number of hydrogen-bond acceptors (Lipinski definition) is 4. The molecule has 1 aromatic rings. The zero-order valence-electron chi connectivity index (χ0n) is 15.1. The first-order valence-electron chi connectivity index (χ1n) is 9.19. The van der Waals surface area contributed by atoms with Crippen LogP contribution in [0.4, 0.5) is 13.2 Å². The summed E-state index contributed by atoms with van der Waals surface area (Å²) in [4.78, 5) is 10.7. The lowest BCUT2D eigenvalue weighted by Crippen LogP contribution is -2.44. The largest absolute Gasteiger partial charge is 0.434 e. The highest BCUT2D eigenvalue weighted by Crippen LogP contribution is 2.33. The maximum absolute atomic E-state index is 12.6. The number of hydrogen-bond donors (Lipinski definition) is 2. The molecule has 0 amide bonds. The lowest BCUT2D eigenvalue weighted by molar-refractivity contribution is -0.140. The summed E-state index contributed by atoms with van der Waals surface area (Å²) in [7, 11) is 0. The van der Waals surface area contributed by atoms with Gasteiger partial charge in [0, 0.05) is 49.6 Å². The van der Waals surface area contributed by atoms with Crippen LogP contribution < -0.4 is 10.6 Å². The van der Waals surface area contributed by atoms with E-state index in [1.807, 2.05) is 6.92 Å². The van der Waals surface area contributed by atoms with Crippen LogP contribution in [0.1, 0.15) is 43.8 Å². The number of nitrogens with one attached hydrogen (secondary N) is 2. The molecule has 2 heterocycles. The number of aliphatic imine (C=N–C) groups is 1. The number of halogens is 3. The van der Waals surface area contributed by atoms with Gasteiger partial charge < -0.3 is 10.6 Å². The van der Waals surface area contributed by atoms with E-state index in [2.05, 4.69) is 32.4 Å². The Morgan fingerprint density at radius 1 is 1.42 bits per heavy atom. The van der Waals surface area contributed by atoms with Gasteiger partial charge in [-0.15, -0.1) is 11.3 Å². The number of aromatic nitrogens is 1. The summed E-state index contributed by atoms with van der Waals surface area (Å²) in [6, 6.07) is 1.70. The van der Waals surface area contributed by atoms with Crippen molar-refractivity contribution in [1.29, 1.82) is 0 Å².